The van der Waals surface area contributed by atoms with E-state index in [1.807, 2.05) is 71.3 Å². The fourth-order valence-electron chi connectivity index (χ4n) is 4.48. The number of pyridine rings is 2. The van der Waals surface area contributed by atoms with E-state index >= 15 is 0 Å². The third kappa shape index (κ3) is 4.95. The van der Waals surface area contributed by atoms with E-state index in [0.29, 0.717) is 22.2 Å². The number of nitrogens with zero attached hydrogens (tertiary/aromatic N) is 2. The van der Waals surface area contributed by atoms with Crippen molar-refractivity contribution in [2.75, 3.05) is 0 Å². The third-order valence-corrected chi connectivity index (χ3v) is 6.90. The molecule has 0 fully saturated rings. The SMILES string of the molecule is CCCCn1c(=O)c(-c2cc(-c3ccc(Cl)cc3)nc(-c3ccc(Cl)cc3)c2)cc2cc(C)ccc21. The Bertz CT molecular complexity index is 1540. The van der Waals surface area contributed by atoms with Crippen molar-refractivity contribution in [2.24, 2.45) is 0 Å². The largest absolute Gasteiger partial charge is 0.308 e. The van der Waals surface area contributed by atoms with Crippen LogP contribution in [0, 0.1) is 6.92 Å². The number of benzene rings is 3. The lowest BCUT2D eigenvalue weighted by Gasteiger charge is -2.15. The van der Waals surface area contributed by atoms with E-state index in [1.54, 1.807) is 0 Å². The Labute approximate surface area is 221 Å². The topological polar surface area (TPSA) is 34.9 Å². The van der Waals surface area contributed by atoms with Crippen LogP contribution < -0.4 is 5.56 Å². The third-order valence-electron chi connectivity index (χ3n) is 6.40. The maximum Gasteiger partial charge on any atom is 0.258 e. The number of aromatic nitrogens is 2. The molecule has 0 radical (unpaired) electrons. The summed E-state index contributed by atoms with van der Waals surface area (Å²) < 4.78 is 1.91. The standard InChI is InChI=1S/C31H26Cl2N2O/c1-3-4-15-35-30-14-5-20(2)16-24(30)17-27(31(35)36)23-18-28(21-6-10-25(32)11-7-21)34-29(19-23)22-8-12-26(33)13-9-22/h5-14,16-19H,3-4,15H2,1-2H3. The second kappa shape index (κ2) is 10.3. The van der Waals surface area contributed by atoms with Gasteiger partial charge in [0.1, 0.15) is 0 Å². The normalized spacial score (nSPS) is 11.2. The predicted octanol–water partition coefficient (Wildman–Crippen LogP) is 8.81. The van der Waals surface area contributed by atoms with E-state index in [0.717, 1.165) is 57.4 Å². The van der Waals surface area contributed by atoms with Crippen molar-refractivity contribution < 1.29 is 0 Å². The highest BCUT2D eigenvalue weighted by Gasteiger charge is 2.15. The number of fused-ring (bicyclic) bond motifs is 1. The van der Waals surface area contributed by atoms with Gasteiger partial charge in [-0.25, -0.2) is 4.98 Å². The van der Waals surface area contributed by atoms with Crippen LogP contribution in [0.2, 0.25) is 10.0 Å². The summed E-state index contributed by atoms with van der Waals surface area (Å²) in [6, 6.07) is 27.4. The zero-order valence-corrected chi connectivity index (χ0v) is 21.8. The lowest BCUT2D eigenvalue weighted by molar-refractivity contribution is 0.633. The highest BCUT2D eigenvalue weighted by atomic mass is 35.5. The average molecular weight is 513 g/mol. The van der Waals surface area contributed by atoms with Crippen molar-refractivity contribution in [2.45, 2.75) is 33.2 Å². The van der Waals surface area contributed by atoms with Gasteiger partial charge in [0.15, 0.2) is 0 Å². The van der Waals surface area contributed by atoms with Crippen molar-refractivity contribution in [3.63, 3.8) is 0 Å². The van der Waals surface area contributed by atoms with Gasteiger partial charge in [-0.2, -0.15) is 0 Å². The molecule has 3 nitrogen and oxygen atoms in total. The highest BCUT2D eigenvalue weighted by Crippen LogP contribution is 2.31. The minimum Gasteiger partial charge on any atom is -0.308 e. The summed E-state index contributed by atoms with van der Waals surface area (Å²) >= 11 is 12.3. The number of rotatable bonds is 6. The minimum absolute atomic E-state index is 0.00937. The van der Waals surface area contributed by atoms with Crippen LogP contribution in [0.1, 0.15) is 25.3 Å². The Morgan fingerprint density at radius 3 is 1.89 bits per heavy atom. The molecule has 0 saturated heterocycles. The van der Waals surface area contributed by atoms with Gasteiger partial charge in [0.05, 0.1) is 16.9 Å². The Hall–Kier alpha value is -3.40. The molecule has 3 aromatic carbocycles. The summed E-state index contributed by atoms with van der Waals surface area (Å²) in [4.78, 5) is 18.8. The number of unbranched alkanes of at least 4 members (excludes halogenated alkanes) is 1. The molecule has 0 aliphatic rings. The first kappa shape index (κ1) is 24.3. The van der Waals surface area contributed by atoms with Gasteiger partial charge in [-0.1, -0.05) is 72.4 Å². The van der Waals surface area contributed by atoms with Crippen LogP contribution in [0.15, 0.2) is 89.7 Å². The summed E-state index contributed by atoms with van der Waals surface area (Å²) in [7, 11) is 0. The first-order chi connectivity index (χ1) is 17.4. The van der Waals surface area contributed by atoms with Crippen LogP contribution in [-0.4, -0.2) is 9.55 Å². The monoisotopic (exact) mass is 512 g/mol. The van der Waals surface area contributed by atoms with Crippen molar-refractivity contribution in [1.82, 2.24) is 9.55 Å². The summed E-state index contributed by atoms with van der Waals surface area (Å²) in [6.07, 6.45) is 1.95. The van der Waals surface area contributed by atoms with Crippen LogP contribution in [0.3, 0.4) is 0 Å². The molecular formula is C31H26Cl2N2O. The molecule has 0 aliphatic carbocycles. The van der Waals surface area contributed by atoms with E-state index in [1.165, 1.54) is 0 Å². The van der Waals surface area contributed by atoms with Crippen LogP contribution >= 0.6 is 23.2 Å². The molecule has 0 saturated carbocycles. The van der Waals surface area contributed by atoms with Crippen molar-refractivity contribution in [3.8, 4) is 33.6 Å². The Morgan fingerprint density at radius 1 is 0.750 bits per heavy atom. The molecule has 5 heteroatoms. The quantitative estimate of drug-likeness (QED) is 0.227. The Balaban J connectivity index is 1.77. The molecule has 180 valence electrons. The molecule has 0 bridgehead atoms. The molecule has 0 aliphatic heterocycles. The van der Waals surface area contributed by atoms with E-state index < -0.39 is 0 Å². The van der Waals surface area contributed by atoms with Gasteiger partial charge in [0, 0.05) is 33.3 Å². The van der Waals surface area contributed by atoms with Gasteiger partial charge in [-0.15, -0.1) is 0 Å². The number of hydrogen-bond donors (Lipinski definition) is 0. The van der Waals surface area contributed by atoms with Crippen molar-refractivity contribution in [1.29, 1.82) is 0 Å². The smallest absolute Gasteiger partial charge is 0.258 e. The molecule has 0 amide bonds. The number of aryl methyl sites for hydroxylation is 2. The number of hydrogen-bond acceptors (Lipinski definition) is 2. The van der Waals surface area contributed by atoms with Gasteiger partial charge in [-0.05, 0) is 78.9 Å². The van der Waals surface area contributed by atoms with Gasteiger partial charge in [0.2, 0.25) is 0 Å². The van der Waals surface area contributed by atoms with E-state index in [2.05, 4.69) is 32.0 Å². The number of halogens is 2. The zero-order valence-electron chi connectivity index (χ0n) is 20.3. The second-order valence-corrected chi connectivity index (χ2v) is 9.94. The first-order valence-corrected chi connectivity index (χ1v) is 12.9. The Morgan fingerprint density at radius 2 is 1.33 bits per heavy atom. The zero-order chi connectivity index (χ0) is 25.2. The molecule has 2 aromatic heterocycles. The van der Waals surface area contributed by atoms with Gasteiger partial charge in [-0.3, -0.25) is 4.79 Å². The molecule has 2 heterocycles. The van der Waals surface area contributed by atoms with Gasteiger partial charge in [0.25, 0.3) is 5.56 Å². The summed E-state index contributed by atoms with van der Waals surface area (Å²) in [5.41, 5.74) is 7.04. The van der Waals surface area contributed by atoms with Crippen LogP contribution in [0.4, 0.5) is 0 Å². The summed E-state index contributed by atoms with van der Waals surface area (Å²) in [5, 5.41) is 2.38. The highest BCUT2D eigenvalue weighted by molar-refractivity contribution is 6.30. The molecule has 0 spiro atoms. The molecule has 5 rings (SSSR count). The fourth-order valence-corrected chi connectivity index (χ4v) is 4.73. The lowest BCUT2D eigenvalue weighted by Crippen LogP contribution is -2.22. The summed E-state index contributed by atoms with van der Waals surface area (Å²) in [5.74, 6) is 0. The molecule has 36 heavy (non-hydrogen) atoms. The van der Waals surface area contributed by atoms with Gasteiger partial charge < -0.3 is 4.57 Å². The van der Waals surface area contributed by atoms with E-state index in [-0.39, 0.29) is 5.56 Å². The van der Waals surface area contributed by atoms with Crippen molar-refractivity contribution >= 4 is 34.1 Å². The lowest BCUT2D eigenvalue weighted by atomic mass is 9.99. The van der Waals surface area contributed by atoms with E-state index in [4.69, 9.17) is 28.2 Å². The van der Waals surface area contributed by atoms with Crippen LogP contribution in [0.5, 0.6) is 0 Å². The second-order valence-electron chi connectivity index (χ2n) is 9.07. The van der Waals surface area contributed by atoms with Crippen molar-refractivity contribution in [3.05, 3.63) is 111 Å². The van der Waals surface area contributed by atoms with Gasteiger partial charge >= 0.3 is 0 Å². The molecular weight excluding hydrogens is 487 g/mol. The Kier molecular flexibility index (Phi) is 6.95. The predicted molar refractivity (Wildman–Crippen MR) is 152 cm³/mol. The van der Waals surface area contributed by atoms with Crippen LogP contribution in [0.25, 0.3) is 44.5 Å². The first-order valence-electron chi connectivity index (χ1n) is 12.1. The maximum absolute atomic E-state index is 13.9. The molecule has 0 unspecified atom stereocenters. The average Bonchev–Trinajstić information content (AvgIpc) is 2.88. The maximum atomic E-state index is 13.9. The molecule has 5 aromatic rings. The molecule has 0 N–H and O–H groups in total. The van der Waals surface area contributed by atoms with E-state index in [9.17, 15) is 4.79 Å². The molecule has 0 atom stereocenters. The summed E-state index contributed by atoms with van der Waals surface area (Å²) in [6.45, 7) is 4.90. The van der Waals surface area contributed by atoms with Crippen LogP contribution in [-0.2, 0) is 6.54 Å². The minimum atomic E-state index is 0.00937. The fraction of sp³-hybridized carbons (Fsp3) is 0.161.